The van der Waals surface area contributed by atoms with E-state index in [-0.39, 0.29) is 17.9 Å². The Labute approximate surface area is 162 Å². The number of amides is 2. The molecule has 1 heterocycles. The monoisotopic (exact) mass is 372 g/mol. The van der Waals surface area contributed by atoms with E-state index >= 15 is 0 Å². The smallest absolute Gasteiger partial charge is 0.225 e. The molecule has 0 bridgehead atoms. The van der Waals surface area contributed by atoms with Gasteiger partial charge in [-0.1, -0.05) is 31.4 Å². The predicted octanol–water partition coefficient (Wildman–Crippen LogP) is 3.32. The Morgan fingerprint density at radius 3 is 2.56 bits per heavy atom. The van der Waals surface area contributed by atoms with E-state index < -0.39 is 0 Å². The van der Waals surface area contributed by atoms with Gasteiger partial charge in [-0.15, -0.1) is 0 Å². The summed E-state index contributed by atoms with van der Waals surface area (Å²) in [5.41, 5.74) is 1.11. The Kier molecular flexibility index (Phi) is 7.13. The number of hydrogen-bond acceptors (Lipinski definition) is 3. The van der Waals surface area contributed by atoms with Gasteiger partial charge in [-0.25, -0.2) is 0 Å². The molecule has 1 saturated carbocycles. The minimum Gasteiger partial charge on any atom is -0.497 e. The molecule has 1 aliphatic carbocycles. The van der Waals surface area contributed by atoms with E-state index in [0.717, 1.165) is 50.1 Å². The van der Waals surface area contributed by atoms with Gasteiger partial charge < -0.3 is 15.0 Å². The molecule has 0 unspecified atom stereocenters. The molecule has 5 nitrogen and oxygen atoms in total. The van der Waals surface area contributed by atoms with Crippen LogP contribution >= 0.6 is 0 Å². The van der Waals surface area contributed by atoms with Crippen LogP contribution in [-0.2, 0) is 16.0 Å². The van der Waals surface area contributed by atoms with Gasteiger partial charge in [0.05, 0.1) is 7.11 Å². The highest BCUT2D eigenvalue weighted by Crippen LogP contribution is 2.26. The Morgan fingerprint density at radius 2 is 1.85 bits per heavy atom. The third-order valence-corrected chi connectivity index (χ3v) is 5.90. The summed E-state index contributed by atoms with van der Waals surface area (Å²) in [6.07, 6.45) is 8.68. The van der Waals surface area contributed by atoms with Crippen LogP contribution in [0.25, 0.3) is 0 Å². The number of carbonyl (C=O) groups is 2. The summed E-state index contributed by atoms with van der Waals surface area (Å²) < 4.78 is 5.22. The number of aryl methyl sites for hydroxylation is 1. The number of rotatable bonds is 6. The van der Waals surface area contributed by atoms with Crippen LogP contribution in [0.2, 0.25) is 0 Å². The van der Waals surface area contributed by atoms with E-state index in [1.807, 2.05) is 29.2 Å². The third kappa shape index (κ3) is 5.72. The third-order valence-electron chi connectivity index (χ3n) is 5.90. The number of nitrogens with zero attached hydrogens (tertiary/aromatic N) is 1. The zero-order chi connectivity index (χ0) is 19.1. The Morgan fingerprint density at radius 1 is 1.11 bits per heavy atom. The van der Waals surface area contributed by atoms with Crippen LogP contribution in [-0.4, -0.2) is 43.0 Å². The quantitative estimate of drug-likeness (QED) is 0.833. The second-order valence-corrected chi connectivity index (χ2v) is 7.85. The van der Waals surface area contributed by atoms with E-state index in [1.165, 1.54) is 19.3 Å². The lowest BCUT2D eigenvalue weighted by Gasteiger charge is -2.35. The maximum atomic E-state index is 12.6. The van der Waals surface area contributed by atoms with Crippen LogP contribution in [0.1, 0.15) is 56.9 Å². The molecule has 1 aromatic carbocycles. The molecule has 27 heavy (non-hydrogen) atoms. The molecule has 2 aliphatic rings. The second kappa shape index (κ2) is 9.77. The van der Waals surface area contributed by atoms with Crippen LogP contribution in [0.4, 0.5) is 0 Å². The highest BCUT2D eigenvalue weighted by atomic mass is 16.5. The van der Waals surface area contributed by atoms with E-state index in [2.05, 4.69) is 5.32 Å². The van der Waals surface area contributed by atoms with Crippen molar-refractivity contribution in [2.45, 2.75) is 63.8 Å². The van der Waals surface area contributed by atoms with Gasteiger partial charge in [-0.2, -0.15) is 0 Å². The molecule has 1 N–H and O–H groups in total. The maximum Gasteiger partial charge on any atom is 0.225 e. The van der Waals surface area contributed by atoms with Gasteiger partial charge in [0.25, 0.3) is 0 Å². The van der Waals surface area contributed by atoms with Crippen LogP contribution in [0.5, 0.6) is 5.75 Å². The first kappa shape index (κ1) is 19.7. The average molecular weight is 373 g/mol. The summed E-state index contributed by atoms with van der Waals surface area (Å²) in [5.74, 6) is 1.50. The van der Waals surface area contributed by atoms with Gasteiger partial charge in [0.15, 0.2) is 0 Å². The summed E-state index contributed by atoms with van der Waals surface area (Å²) >= 11 is 0. The molecule has 1 aliphatic heterocycles. The van der Waals surface area contributed by atoms with Gasteiger partial charge in [-0.05, 0) is 49.8 Å². The van der Waals surface area contributed by atoms with Crippen LogP contribution in [0.15, 0.2) is 24.3 Å². The molecule has 0 radical (unpaired) electrons. The van der Waals surface area contributed by atoms with Gasteiger partial charge in [0.2, 0.25) is 11.8 Å². The molecule has 148 valence electrons. The molecule has 2 amide bonds. The first-order valence-corrected chi connectivity index (χ1v) is 10.4. The Hall–Kier alpha value is -2.04. The Bertz CT molecular complexity index is 632. The molecule has 3 rings (SSSR count). The molecule has 2 fully saturated rings. The highest BCUT2D eigenvalue weighted by molar-refractivity contribution is 5.79. The average Bonchev–Trinajstić information content (AvgIpc) is 2.73. The van der Waals surface area contributed by atoms with Crippen molar-refractivity contribution in [1.29, 1.82) is 0 Å². The van der Waals surface area contributed by atoms with Crippen LogP contribution in [0, 0.1) is 5.92 Å². The van der Waals surface area contributed by atoms with Crippen molar-refractivity contribution in [2.75, 3.05) is 20.2 Å². The predicted molar refractivity (Wildman–Crippen MR) is 106 cm³/mol. The number of nitrogens with one attached hydrogen (secondary N) is 1. The number of methoxy groups -OCH3 is 1. The summed E-state index contributed by atoms with van der Waals surface area (Å²) in [6.45, 7) is 1.55. The molecular formula is C22H32N2O3. The summed E-state index contributed by atoms with van der Waals surface area (Å²) in [7, 11) is 1.65. The summed E-state index contributed by atoms with van der Waals surface area (Å²) in [4.78, 5) is 26.9. The fourth-order valence-electron chi connectivity index (χ4n) is 4.24. The SMILES string of the molecule is COc1cccc(CCC(=O)NC2CCN(C(=O)C3CCCCC3)CC2)c1. The number of likely N-dealkylation sites (tertiary alicyclic amines) is 1. The normalized spacial score (nSPS) is 18.9. The number of carbonyl (C=O) groups excluding carboxylic acids is 2. The van der Waals surface area contributed by atoms with Crippen molar-refractivity contribution in [1.82, 2.24) is 10.2 Å². The Balaban J connectivity index is 1.38. The van der Waals surface area contributed by atoms with Crippen molar-refractivity contribution in [3.05, 3.63) is 29.8 Å². The van der Waals surface area contributed by atoms with Crippen molar-refractivity contribution in [3.8, 4) is 5.75 Å². The first-order chi connectivity index (χ1) is 13.2. The fourth-order valence-corrected chi connectivity index (χ4v) is 4.24. The molecule has 1 saturated heterocycles. The van der Waals surface area contributed by atoms with E-state index in [0.29, 0.717) is 18.7 Å². The minimum atomic E-state index is 0.0925. The number of hydrogen-bond donors (Lipinski definition) is 1. The van der Waals surface area contributed by atoms with Gasteiger partial charge in [0, 0.05) is 31.5 Å². The van der Waals surface area contributed by atoms with E-state index in [9.17, 15) is 9.59 Å². The topological polar surface area (TPSA) is 58.6 Å². The second-order valence-electron chi connectivity index (χ2n) is 7.85. The van der Waals surface area contributed by atoms with Crippen molar-refractivity contribution in [2.24, 2.45) is 5.92 Å². The molecule has 1 aromatic rings. The van der Waals surface area contributed by atoms with Crippen LogP contribution < -0.4 is 10.1 Å². The number of ether oxygens (including phenoxy) is 1. The van der Waals surface area contributed by atoms with Gasteiger partial charge in [0.1, 0.15) is 5.75 Å². The zero-order valence-corrected chi connectivity index (χ0v) is 16.4. The summed E-state index contributed by atoms with van der Waals surface area (Å²) in [5, 5.41) is 3.15. The lowest BCUT2D eigenvalue weighted by atomic mass is 9.87. The fraction of sp³-hybridized carbons (Fsp3) is 0.636. The van der Waals surface area contributed by atoms with Crippen molar-refractivity contribution >= 4 is 11.8 Å². The molecule has 0 atom stereocenters. The maximum absolute atomic E-state index is 12.6. The first-order valence-electron chi connectivity index (χ1n) is 10.4. The molecule has 0 spiro atoms. The number of benzene rings is 1. The van der Waals surface area contributed by atoms with Gasteiger partial charge in [-0.3, -0.25) is 9.59 Å². The van der Waals surface area contributed by atoms with E-state index in [1.54, 1.807) is 7.11 Å². The minimum absolute atomic E-state index is 0.0925. The van der Waals surface area contributed by atoms with E-state index in [4.69, 9.17) is 4.74 Å². The largest absolute Gasteiger partial charge is 0.497 e. The lowest BCUT2D eigenvalue weighted by molar-refractivity contribution is -0.137. The lowest BCUT2D eigenvalue weighted by Crippen LogP contribution is -2.48. The van der Waals surface area contributed by atoms with Crippen molar-refractivity contribution in [3.63, 3.8) is 0 Å². The molecule has 0 aromatic heterocycles. The van der Waals surface area contributed by atoms with Gasteiger partial charge >= 0.3 is 0 Å². The van der Waals surface area contributed by atoms with Crippen molar-refractivity contribution < 1.29 is 14.3 Å². The zero-order valence-electron chi connectivity index (χ0n) is 16.4. The van der Waals surface area contributed by atoms with Crippen LogP contribution in [0.3, 0.4) is 0 Å². The molecular weight excluding hydrogens is 340 g/mol. The highest BCUT2D eigenvalue weighted by Gasteiger charge is 2.29. The standard InChI is InChI=1S/C22H32N2O3/c1-27-20-9-5-6-17(16-20)10-11-21(25)23-19-12-14-24(15-13-19)22(26)18-7-3-2-4-8-18/h5-6,9,16,18-19H,2-4,7-8,10-15H2,1H3,(H,23,25). The summed E-state index contributed by atoms with van der Waals surface area (Å²) in [6, 6.07) is 8.04. The molecule has 5 heteroatoms. The number of piperidine rings is 1.